The summed E-state index contributed by atoms with van der Waals surface area (Å²) in [7, 11) is 0. The Morgan fingerprint density at radius 1 is 1.03 bits per heavy atom. The Morgan fingerprint density at radius 3 is 2.45 bits per heavy atom. The van der Waals surface area contributed by atoms with Gasteiger partial charge in [0.25, 0.3) is 0 Å². The number of hydrogen-bond acceptors (Lipinski definition) is 7. The van der Waals surface area contributed by atoms with E-state index in [1.54, 1.807) is 11.5 Å². The summed E-state index contributed by atoms with van der Waals surface area (Å²) >= 11 is 0. The second-order valence-electron chi connectivity index (χ2n) is 8.31. The van der Waals surface area contributed by atoms with Crippen molar-refractivity contribution in [1.29, 1.82) is 0 Å². The van der Waals surface area contributed by atoms with E-state index in [0.29, 0.717) is 18.0 Å². The minimum Gasteiger partial charge on any atom is -0.388 e. The van der Waals surface area contributed by atoms with Crippen molar-refractivity contribution < 1.29 is 14.9 Å². The average Bonchev–Trinajstić information content (AvgIpc) is 3.35. The maximum atomic E-state index is 10.6. The number of aliphatic hydroxyl groups is 2. The van der Waals surface area contributed by atoms with Crippen LogP contribution in [0, 0.1) is 0 Å². The molecule has 1 saturated heterocycles. The molecule has 2 aromatic heterocycles. The van der Waals surface area contributed by atoms with E-state index in [4.69, 9.17) is 10.5 Å². The van der Waals surface area contributed by atoms with E-state index in [-0.39, 0.29) is 0 Å². The van der Waals surface area contributed by atoms with Gasteiger partial charge in [0.05, 0.1) is 11.5 Å². The van der Waals surface area contributed by atoms with E-state index < -0.39 is 24.5 Å². The number of ether oxygens (including phenoxy) is 1. The van der Waals surface area contributed by atoms with Gasteiger partial charge in [0.1, 0.15) is 30.0 Å². The summed E-state index contributed by atoms with van der Waals surface area (Å²) in [6.45, 7) is 2.35. The average molecular weight is 446 g/mol. The molecule has 0 bridgehead atoms. The smallest absolute Gasteiger partial charge is 0.164 e. The Bertz CT molecular complexity index is 1240. The molecule has 3 heterocycles. The summed E-state index contributed by atoms with van der Waals surface area (Å²) in [5.41, 5.74) is 10.2. The predicted molar refractivity (Wildman–Crippen MR) is 127 cm³/mol. The number of nitrogens with two attached hydrogens (primary N) is 1. The number of fused-ring (bicyclic) bond motifs is 1. The van der Waals surface area contributed by atoms with E-state index in [1.807, 2.05) is 60.8 Å². The van der Waals surface area contributed by atoms with E-state index in [0.717, 1.165) is 28.6 Å². The molecule has 5 N–H and O–H groups in total. The lowest BCUT2D eigenvalue weighted by Crippen LogP contribution is -2.30. The Labute approximate surface area is 191 Å². The third-order valence-electron chi connectivity index (χ3n) is 6.10. The van der Waals surface area contributed by atoms with Crippen molar-refractivity contribution in [2.45, 2.75) is 37.9 Å². The van der Waals surface area contributed by atoms with Gasteiger partial charge in [-0.3, -0.25) is 0 Å². The third kappa shape index (κ3) is 3.98. The van der Waals surface area contributed by atoms with Crippen LogP contribution in [0.25, 0.3) is 22.2 Å². The Hall–Kier alpha value is -3.30. The van der Waals surface area contributed by atoms with Crippen molar-refractivity contribution in [3.05, 3.63) is 72.7 Å². The van der Waals surface area contributed by atoms with Crippen LogP contribution in [-0.4, -0.2) is 49.6 Å². The zero-order valence-corrected chi connectivity index (χ0v) is 18.3. The zero-order valence-electron chi connectivity index (χ0n) is 18.3. The van der Waals surface area contributed by atoms with Crippen LogP contribution in [0.5, 0.6) is 0 Å². The Morgan fingerprint density at radius 2 is 1.79 bits per heavy atom. The highest BCUT2D eigenvalue weighted by atomic mass is 16.6. The topological polar surface area (TPSA) is 118 Å². The van der Waals surface area contributed by atoms with Gasteiger partial charge in [-0.15, -0.1) is 0 Å². The summed E-state index contributed by atoms with van der Waals surface area (Å²) in [6, 6.07) is 18.0. The van der Waals surface area contributed by atoms with Gasteiger partial charge >= 0.3 is 0 Å². The van der Waals surface area contributed by atoms with Gasteiger partial charge < -0.3 is 30.6 Å². The molecule has 1 aliphatic heterocycles. The minimum atomic E-state index is -1.07. The molecule has 4 aromatic rings. The summed E-state index contributed by atoms with van der Waals surface area (Å²) in [5.74, 6) is 0.644. The predicted octanol–water partition coefficient (Wildman–Crippen LogP) is 2.98. The number of benzene rings is 2. The largest absolute Gasteiger partial charge is 0.388 e. The number of hydrogen-bond donors (Lipinski definition) is 4. The first-order valence-electron chi connectivity index (χ1n) is 11.1. The molecule has 0 spiro atoms. The fourth-order valence-electron chi connectivity index (χ4n) is 4.33. The highest BCUT2D eigenvalue weighted by molar-refractivity contribution is 6.02. The molecule has 0 aliphatic carbocycles. The highest BCUT2D eigenvalue weighted by Gasteiger charge is 2.42. The van der Waals surface area contributed by atoms with Gasteiger partial charge in [0.15, 0.2) is 6.23 Å². The number of anilines is 2. The van der Waals surface area contributed by atoms with Crippen LogP contribution < -0.4 is 11.1 Å². The van der Waals surface area contributed by atoms with Gasteiger partial charge in [-0.2, -0.15) is 0 Å². The number of nitrogens with zero attached hydrogens (tertiary/aromatic N) is 3. The molecule has 170 valence electrons. The molecule has 2 aromatic carbocycles. The van der Waals surface area contributed by atoms with Crippen molar-refractivity contribution in [3.63, 3.8) is 0 Å². The van der Waals surface area contributed by atoms with E-state index >= 15 is 0 Å². The van der Waals surface area contributed by atoms with E-state index in [1.165, 1.54) is 11.9 Å². The lowest BCUT2D eigenvalue weighted by atomic mass is 10.1. The van der Waals surface area contributed by atoms with Crippen LogP contribution in [0.2, 0.25) is 0 Å². The Kier molecular flexibility index (Phi) is 5.82. The molecule has 1 aliphatic rings. The van der Waals surface area contributed by atoms with Crippen LogP contribution in [0.15, 0.2) is 67.1 Å². The number of nitrogens with one attached hydrogen (secondary N) is 1. The zero-order chi connectivity index (χ0) is 22.9. The van der Waals surface area contributed by atoms with Gasteiger partial charge in [-0.25, -0.2) is 9.97 Å². The summed E-state index contributed by atoms with van der Waals surface area (Å²) in [4.78, 5) is 9.05. The molecular weight excluding hydrogens is 418 g/mol. The quantitative estimate of drug-likeness (QED) is 0.360. The van der Waals surface area contributed by atoms with Gasteiger partial charge in [0, 0.05) is 17.4 Å². The molecule has 8 heteroatoms. The van der Waals surface area contributed by atoms with Crippen molar-refractivity contribution in [3.8, 4) is 11.1 Å². The van der Waals surface area contributed by atoms with Gasteiger partial charge in [-0.1, -0.05) is 42.5 Å². The van der Waals surface area contributed by atoms with Crippen molar-refractivity contribution in [2.75, 3.05) is 11.9 Å². The first-order valence-corrected chi connectivity index (χ1v) is 11.1. The normalized spacial score (nSPS) is 22.7. The summed E-state index contributed by atoms with van der Waals surface area (Å²) < 4.78 is 7.68. The number of rotatable bonds is 6. The minimum absolute atomic E-state index is 0.492. The maximum Gasteiger partial charge on any atom is 0.164 e. The molecule has 33 heavy (non-hydrogen) atoms. The standard InChI is InChI=1S/C25H27N5O3/c1-15-21(31)22(32)25(33-15)30-13-19(17-5-3-2-4-6-17)20-23(27-14-28-24(20)30)29-18-9-7-16(8-10-18)11-12-26/h2-10,13-15,21-22,25,31-32H,11-12,26H2,1H3,(H,27,28,29)/t15-,21-,22-,25-/m1/s1. The maximum absolute atomic E-state index is 10.6. The summed E-state index contributed by atoms with van der Waals surface area (Å²) in [6.07, 6.45) is 0.928. The Balaban J connectivity index is 1.62. The SMILES string of the molecule is C[C@H]1O[C@@H](n2cc(-c3ccccc3)c3c(Nc4ccc(CCN)cc4)ncnc32)[C@H](O)[C@@H]1O. The number of aromatic nitrogens is 3. The highest BCUT2D eigenvalue weighted by Crippen LogP contribution is 2.39. The fraction of sp³-hybridized carbons (Fsp3) is 0.280. The van der Waals surface area contributed by atoms with E-state index in [9.17, 15) is 10.2 Å². The second-order valence-corrected chi connectivity index (χ2v) is 8.31. The molecule has 8 nitrogen and oxygen atoms in total. The first-order chi connectivity index (χ1) is 16.1. The van der Waals surface area contributed by atoms with Crippen molar-refractivity contribution in [2.24, 2.45) is 5.73 Å². The lowest BCUT2D eigenvalue weighted by molar-refractivity contribution is -0.0295. The molecule has 0 amide bonds. The molecule has 0 radical (unpaired) electrons. The molecule has 0 saturated carbocycles. The van der Waals surface area contributed by atoms with Crippen LogP contribution >= 0.6 is 0 Å². The molecular formula is C25H27N5O3. The van der Waals surface area contributed by atoms with Crippen LogP contribution in [0.3, 0.4) is 0 Å². The van der Waals surface area contributed by atoms with Gasteiger partial charge in [0.2, 0.25) is 0 Å². The summed E-state index contributed by atoms with van der Waals surface area (Å²) in [5, 5.41) is 25.1. The fourth-order valence-corrected chi connectivity index (χ4v) is 4.33. The monoisotopic (exact) mass is 445 g/mol. The molecule has 5 rings (SSSR count). The molecule has 0 unspecified atom stereocenters. The van der Waals surface area contributed by atoms with Gasteiger partial charge in [-0.05, 0) is 43.1 Å². The second kappa shape index (κ2) is 8.92. The van der Waals surface area contributed by atoms with Crippen LogP contribution in [0.4, 0.5) is 11.5 Å². The van der Waals surface area contributed by atoms with Crippen LogP contribution in [0.1, 0.15) is 18.7 Å². The lowest BCUT2D eigenvalue weighted by Gasteiger charge is -2.17. The first kappa shape index (κ1) is 21.5. The van der Waals surface area contributed by atoms with E-state index in [2.05, 4.69) is 15.3 Å². The van der Waals surface area contributed by atoms with Crippen LogP contribution in [-0.2, 0) is 11.2 Å². The molecule has 4 atom stereocenters. The van der Waals surface area contributed by atoms with Crippen molar-refractivity contribution >= 4 is 22.5 Å². The third-order valence-corrected chi connectivity index (χ3v) is 6.10. The van der Waals surface area contributed by atoms with Crippen molar-refractivity contribution in [1.82, 2.24) is 14.5 Å². The number of aliphatic hydroxyl groups excluding tert-OH is 2. The molecule has 1 fully saturated rings.